The van der Waals surface area contributed by atoms with Crippen LogP contribution in [0.1, 0.15) is 36.0 Å². The molecule has 3 aliphatic rings. The van der Waals surface area contributed by atoms with E-state index in [1.165, 1.54) is 25.7 Å². The first-order chi connectivity index (χ1) is 12.7. The zero-order valence-corrected chi connectivity index (χ0v) is 19.5. The number of fused-ring (bicyclic) bond motifs is 3. The fourth-order valence-electron chi connectivity index (χ4n) is 4.04. The van der Waals surface area contributed by atoms with Crippen LogP contribution in [0.2, 0.25) is 0 Å². The van der Waals surface area contributed by atoms with Crippen molar-refractivity contribution in [3.8, 4) is 0 Å². The summed E-state index contributed by atoms with van der Waals surface area (Å²) in [5, 5.41) is 0. The molecule has 2 nitrogen and oxygen atoms in total. The molecule has 2 saturated carbocycles. The molecule has 4 heteroatoms. The number of benzene rings is 1. The number of carbonyl (C=O) groups is 1. The molecule has 0 radical (unpaired) electrons. The molecule has 0 saturated heterocycles. The molecule has 0 aromatic heterocycles. The molecule has 30 heavy (non-hydrogen) atoms. The van der Waals surface area contributed by atoms with E-state index in [9.17, 15) is 4.79 Å². The number of carbonyl (C=O) groups excluding carboxylic acids is 1. The summed E-state index contributed by atoms with van der Waals surface area (Å²) in [7, 11) is 0. The van der Waals surface area contributed by atoms with Crippen LogP contribution in [0, 0.1) is 44.9 Å². The standard InChI is InChI=1S/C13H17.C7H7NO.C4H6.2CH3.H4Si.Ti/c1-3-7-12-10(5-1)9-11-6-2-4-8-13(11)12;8-7(9)6-4-2-1-3-5-6;1-3-4-2;;;;/h1,3,5,7,9-13H,2,4,6,8H2;1-5H,(H2,8,9);3-4H,1-2H2;2*1H3;1H4;/q-1;;;2*-1;;+4/p-1. The maximum Gasteiger partial charge on any atom is 4.00 e. The van der Waals surface area contributed by atoms with Gasteiger partial charge in [0, 0.05) is 0 Å². The Hall–Kier alpha value is -1.42. The van der Waals surface area contributed by atoms with E-state index in [-0.39, 0.29) is 47.5 Å². The van der Waals surface area contributed by atoms with Gasteiger partial charge in [0.2, 0.25) is 0 Å². The summed E-state index contributed by atoms with van der Waals surface area (Å²) < 4.78 is 0. The second-order valence-corrected chi connectivity index (χ2v) is 6.90. The molecule has 4 unspecified atom stereocenters. The monoisotopic (exact) mass is 457 g/mol. The Balaban J connectivity index is -0.000000385. The minimum absolute atomic E-state index is 0. The first-order valence-electron chi connectivity index (χ1n) is 9.41. The average Bonchev–Trinajstić information content (AvgIpc) is 3.08. The molecule has 3 aliphatic carbocycles. The van der Waals surface area contributed by atoms with Gasteiger partial charge in [-0.2, -0.15) is 5.92 Å². The van der Waals surface area contributed by atoms with Crippen molar-refractivity contribution in [1.82, 2.24) is 0 Å². The molecule has 2 fully saturated rings. The van der Waals surface area contributed by atoms with Gasteiger partial charge in [0.05, 0.1) is 5.91 Å². The third-order valence-electron chi connectivity index (χ3n) is 5.26. The summed E-state index contributed by atoms with van der Waals surface area (Å²) in [4.78, 5) is 10.3. The molecular weight excluding hydrogens is 418 g/mol. The van der Waals surface area contributed by atoms with Crippen molar-refractivity contribution in [2.75, 3.05) is 0 Å². The van der Waals surface area contributed by atoms with E-state index in [1.807, 2.05) is 6.07 Å². The molecule has 1 amide bonds. The van der Waals surface area contributed by atoms with E-state index in [2.05, 4.69) is 43.9 Å². The Labute approximate surface area is 204 Å². The minimum atomic E-state index is -0.629. The Morgan fingerprint density at radius 1 is 1.00 bits per heavy atom. The topological polar surface area (TPSA) is 40.9 Å². The number of rotatable bonds is 2. The maximum atomic E-state index is 10.3. The van der Waals surface area contributed by atoms with Crippen LogP contribution in [-0.2, 0) is 21.7 Å². The Kier molecular flexibility index (Phi) is 20.3. The Morgan fingerprint density at radius 3 is 2.10 bits per heavy atom. The van der Waals surface area contributed by atoms with Crippen LogP contribution in [0.4, 0.5) is 0 Å². The van der Waals surface area contributed by atoms with Gasteiger partial charge in [-0.25, -0.2) is 0 Å². The van der Waals surface area contributed by atoms with Gasteiger partial charge in [-0.05, 0) is 22.4 Å². The summed E-state index contributed by atoms with van der Waals surface area (Å²) in [6.07, 6.45) is 21.1. The van der Waals surface area contributed by atoms with Crippen molar-refractivity contribution in [3.05, 3.63) is 113 Å². The van der Waals surface area contributed by atoms with Crippen molar-refractivity contribution >= 4 is 16.9 Å². The number of nitrogens with one attached hydrogen (secondary N) is 1. The van der Waals surface area contributed by atoms with Crippen LogP contribution in [0.3, 0.4) is 0 Å². The van der Waals surface area contributed by atoms with Crippen LogP contribution in [-0.4, -0.2) is 16.9 Å². The Bertz CT molecular complexity index is 650. The van der Waals surface area contributed by atoms with E-state index < -0.39 is 5.91 Å². The van der Waals surface area contributed by atoms with Crippen molar-refractivity contribution in [1.29, 1.82) is 0 Å². The van der Waals surface area contributed by atoms with Crippen molar-refractivity contribution in [2.45, 2.75) is 25.7 Å². The first kappa shape index (κ1) is 33.2. The normalized spacial score (nSPS) is 23.9. The fraction of sp³-hybridized carbons (Fsp3) is 0.308. The summed E-state index contributed by atoms with van der Waals surface area (Å²) in [5.41, 5.74) is 7.12. The van der Waals surface area contributed by atoms with Crippen LogP contribution in [0.15, 0.2) is 79.9 Å². The van der Waals surface area contributed by atoms with Gasteiger partial charge in [0.25, 0.3) is 0 Å². The molecule has 0 spiro atoms. The predicted molar refractivity (Wildman–Crippen MR) is 135 cm³/mol. The van der Waals surface area contributed by atoms with E-state index in [0.29, 0.717) is 5.56 Å². The smallest absolute Gasteiger partial charge is 0.664 e. The van der Waals surface area contributed by atoms with Crippen molar-refractivity contribution in [2.24, 2.45) is 23.7 Å². The predicted octanol–water partition coefficient (Wildman–Crippen LogP) is 6.05. The number of amides is 1. The quantitative estimate of drug-likeness (QED) is 0.303. The average molecular weight is 458 g/mol. The second-order valence-electron chi connectivity index (χ2n) is 6.90. The minimum Gasteiger partial charge on any atom is -0.664 e. The van der Waals surface area contributed by atoms with E-state index >= 15 is 0 Å². The van der Waals surface area contributed by atoms with E-state index in [4.69, 9.17) is 5.73 Å². The van der Waals surface area contributed by atoms with Gasteiger partial charge in [0.1, 0.15) is 0 Å². The first-order valence-corrected chi connectivity index (χ1v) is 9.41. The van der Waals surface area contributed by atoms with E-state index in [0.717, 1.165) is 23.7 Å². The van der Waals surface area contributed by atoms with Gasteiger partial charge in [-0.3, -0.25) is 0 Å². The van der Waals surface area contributed by atoms with Gasteiger partial charge >= 0.3 is 21.7 Å². The summed E-state index contributed by atoms with van der Waals surface area (Å²) in [6.45, 7) is 6.72. The molecular formula is C26H39NOSiTi. The van der Waals surface area contributed by atoms with Crippen LogP contribution in [0.25, 0.3) is 5.73 Å². The van der Waals surface area contributed by atoms with Gasteiger partial charge < -0.3 is 31.8 Å². The van der Waals surface area contributed by atoms with Gasteiger partial charge in [-0.15, -0.1) is 12.0 Å². The van der Waals surface area contributed by atoms with Crippen molar-refractivity contribution in [3.63, 3.8) is 0 Å². The second kappa shape index (κ2) is 18.4. The third-order valence-corrected chi connectivity index (χ3v) is 5.26. The third kappa shape index (κ3) is 10.1. The van der Waals surface area contributed by atoms with Crippen LogP contribution in [0.5, 0.6) is 0 Å². The number of allylic oxidation sites excluding steroid dienone is 6. The van der Waals surface area contributed by atoms with Gasteiger partial charge in [-0.1, -0.05) is 105 Å². The zero-order chi connectivity index (χ0) is 18.8. The van der Waals surface area contributed by atoms with Crippen molar-refractivity contribution < 1.29 is 26.5 Å². The Morgan fingerprint density at radius 2 is 1.57 bits per heavy atom. The molecule has 1 N–H and O–H groups in total. The summed E-state index contributed by atoms with van der Waals surface area (Å²) in [5.74, 6) is 2.93. The molecule has 1 aromatic carbocycles. The van der Waals surface area contributed by atoms with Crippen LogP contribution < -0.4 is 0 Å². The maximum absolute atomic E-state index is 10.3. The molecule has 162 valence electrons. The largest absolute Gasteiger partial charge is 4.00 e. The molecule has 0 heterocycles. The zero-order valence-electron chi connectivity index (χ0n) is 17.9. The fourth-order valence-corrected chi connectivity index (χ4v) is 4.04. The summed E-state index contributed by atoms with van der Waals surface area (Å²) >= 11 is 0. The SMILES string of the molecule is C1=CC2[CH-]C3CCCCC3C2C=C1.C=CC=C.[CH3-].[CH3-].[NH-]C(=O)c1ccccc1.[SiH4].[Ti+4]. The molecule has 0 aliphatic heterocycles. The van der Waals surface area contributed by atoms with Gasteiger partial charge in [0.15, 0.2) is 0 Å². The molecule has 4 atom stereocenters. The number of hydrogen-bond acceptors (Lipinski definition) is 1. The van der Waals surface area contributed by atoms with Crippen LogP contribution >= 0.6 is 0 Å². The molecule has 1 aromatic rings. The van der Waals surface area contributed by atoms with E-state index in [1.54, 1.807) is 36.4 Å². The summed E-state index contributed by atoms with van der Waals surface area (Å²) in [6, 6.07) is 8.53. The molecule has 0 bridgehead atoms. The molecule has 4 rings (SSSR count). The number of hydrogen-bond donors (Lipinski definition) is 0.